The maximum absolute atomic E-state index is 12.4. The predicted octanol–water partition coefficient (Wildman–Crippen LogP) is 2.96. The monoisotopic (exact) mass is 297 g/mol. The molecule has 1 rings (SSSR count). The van der Waals surface area contributed by atoms with Gasteiger partial charge in [-0.2, -0.15) is 13.2 Å². The van der Waals surface area contributed by atoms with Gasteiger partial charge < -0.3 is 10.4 Å². The van der Waals surface area contributed by atoms with Crippen LogP contribution in [0.25, 0.3) is 0 Å². The van der Waals surface area contributed by atoms with Crippen molar-refractivity contribution in [1.29, 1.82) is 0 Å². The molecule has 0 saturated carbocycles. The number of hydrogen-bond donors (Lipinski definition) is 2. The van der Waals surface area contributed by atoms with E-state index in [2.05, 4.69) is 21.2 Å². The van der Waals surface area contributed by atoms with Gasteiger partial charge in [-0.05, 0) is 18.2 Å². The van der Waals surface area contributed by atoms with Gasteiger partial charge >= 0.3 is 12.1 Å². The minimum absolute atomic E-state index is 0.101. The molecular weight excluding hydrogens is 291 g/mol. The molecule has 0 saturated heterocycles. The number of hydrogen-bond acceptors (Lipinski definition) is 2. The van der Waals surface area contributed by atoms with E-state index in [1.807, 2.05) is 0 Å². The van der Waals surface area contributed by atoms with Crippen molar-refractivity contribution >= 4 is 27.6 Å². The zero-order valence-electron chi connectivity index (χ0n) is 7.81. The van der Waals surface area contributed by atoms with E-state index < -0.39 is 24.3 Å². The average Bonchev–Trinajstić information content (AvgIpc) is 2.12. The largest absolute Gasteiger partial charge is 0.480 e. The molecule has 0 spiro atoms. The maximum atomic E-state index is 12.4. The van der Waals surface area contributed by atoms with Crippen molar-refractivity contribution in [2.45, 2.75) is 6.18 Å². The van der Waals surface area contributed by atoms with Gasteiger partial charge in [0.25, 0.3) is 0 Å². The molecular formula is C9H7BrF3NO2. The number of nitrogens with one attached hydrogen (secondary N) is 1. The zero-order valence-corrected chi connectivity index (χ0v) is 9.39. The average molecular weight is 298 g/mol. The Balaban J connectivity index is 2.94. The fourth-order valence-electron chi connectivity index (χ4n) is 1.03. The SMILES string of the molecule is O=C(O)CNc1cc(Br)cc(C(F)(F)F)c1. The summed E-state index contributed by atoms with van der Waals surface area (Å²) in [7, 11) is 0. The molecule has 0 amide bonds. The van der Waals surface area contributed by atoms with Gasteiger partial charge in [0.1, 0.15) is 6.54 Å². The van der Waals surface area contributed by atoms with Crippen molar-refractivity contribution in [3.05, 3.63) is 28.2 Å². The molecule has 0 aromatic heterocycles. The van der Waals surface area contributed by atoms with E-state index in [4.69, 9.17) is 5.11 Å². The third kappa shape index (κ3) is 3.73. The van der Waals surface area contributed by atoms with Crippen molar-refractivity contribution in [1.82, 2.24) is 0 Å². The fraction of sp³-hybridized carbons (Fsp3) is 0.222. The van der Waals surface area contributed by atoms with Gasteiger partial charge in [0.05, 0.1) is 5.56 Å². The van der Waals surface area contributed by atoms with E-state index in [0.717, 1.165) is 12.1 Å². The van der Waals surface area contributed by atoms with Crippen LogP contribution in [0.5, 0.6) is 0 Å². The molecule has 3 nitrogen and oxygen atoms in total. The van der Waals surface area contributed by atoms with Gasteiger partial charge in [0.2, 0.25) is 0 Å². The first-order chi connectivity index (χ1) is 7.29. The molecule has 16 heavy (non-hydrogen) atoms. The Bertz CT molecular complexity index is 406. The summed E-state index contributed by atoms with van der Waals surface area (Å²) < 4.78 is 37.4. The van der Waals surface area contributed by atoms with Crippen LogP contribution >= 0.6 is 15.9 Å². The summed E-state index contributed by atoms with van der Waals surface area (Å²) in [6, 6.07) is 3.15. The third-order valence-electron chi connectivity index (χ3n) is 1.67. The minimum atomic E-state index is -4.45. The summed E-state index contributed by atoms with van der Waals surface area (Å²) in [5, 5.41) is 10.7. The van der Waals surface area contributed by atoms with E-state index >= 15 is 0 Å². The molecule has 1 aromatic rings. The molecule has 0 fully saturated rings. The van der Waals surface area contributed by atoms with Crippen LogP contribution in [0.1, 0.15) is 5.56 Å². The minimum Gasteiger partial charge on any atom is -0.480 e. The van der Waals surface area contributed by atoms with Crippen LogP contribution in [0.3, 0.4) is 0 Å². The number of alkyl halides is 3. The lowest BCUT2D eigenvalue weighted by atomic mass is 10.2. The van der Waals surface area contributed by atoms with Crippen LogP contribution in [0.2, 0.25) is 0 Å². The highest BCUT2D eigenvalue weighted by Gasteiger charge is 2.31. The van der Waals surface area contributed by atoms with E-state index in [1.165, 1.54) is 6.07 Å². The van der Waals surface area contributed by atoms with Crippen LogP contribution in [-0.4, -0.2) is 17.6 Å². The topological polar surface area (TPSA) is 49.3 Å². The van der Waals surface area contributed by atoms with E-state index in [0.29, 0.717) is 0 Å². The Hall–Kier alpha value is -1.24. The number of benzene rings is 1. The van der Waals surface area contributed by atoms with Crippen LogP contribution < -0.4 is 5.32 Å². The quantitative estimate of drug-likeness (QED) is 0.902. The van der Waals surface area contributed by atoms with Gasteiger partial charge in [0, 0.05) is 10.2 Å². The van der Waals surface area contributed by atoms with E-state index in [1.54, 1.807) is 0 Å². The van der Waals surface area contributed by atoms with Crippen molar-refractivity contribution in [2.24, 2.45) is 0 Å². The highest BCUT2D eigenvalue weighted by atomic mass is 79.9. The summed E-state index contributed by atoms with van der Waals surface area (Å²) in [4.78, 5) is 10.2. The summed E-state index contributed by atoms with van der Waals surface area (Å²) in [5.41, 5.74) is -0.737. The third-order valence-corrected chi connectivity index (χ3v) is 2.13. The summed E-state index contributed by atoms with van der Waals surface area (Å²) in [6.45, 7) is -0.437. The van der Waals surface area contributed by atoms with Crippen LogP contribution in [0, 0.1) is 0 Å². The number of halogens is 4. The van der Waals surface area contributed by atoms with E-state index in [9.17, 15) is 18.0 Å². The van der Waals surface area contributed by atoms with Crippen molar-refractivity contribution in [2.75, 3.05) is 11.9 Å². The molecule has 0 radical (unpaired) electrons. The second kappa shape index (κ2) is 4.73. The number of aliphatic carboxylic acids is 1. The smallest absolute Gasteiger partial charge is 0.416 e. The number of carbonyl (C=O) groups is 1. The normalized spacial score (nSPS) is 11.2. The van der Waals surface area contributed by atoms with Crippen molar-refractivity contribution < 1.29 is 23.1 Å². The van der Waals surface area contributed by atoms with Crippen LogP contribution in [0.4, 0.5) is 18.9 Å². The maximum Gasteiger partial charge on any atom is 0.416 e. The first-order valence-electron chi connectivity index (χ1n) is 4.12. The molecule has 0 aliphatic rings. The van der Waals surface area contributed by atoms with Crippen molar-refractivity contribution in [3.8, 4) is 0 Å². The summed E-state index contributed by atoms with van der Waals surface area (Å²) in [5.74, 6) is -1.14. The Morgan fingerprint density at radius 3 is 2.50 bits per heavy atom. The summed E-state index contributed by atoms with van der Waals surface area (Å²) >= 11 is 2.93. The molecule has 7 heteroatoms. The van der Waals surface area contributed by atoms with Crippen LogP contribution in [0.15, 0.2) is 22.7 Å². The highest BCUT2D eigenvalue weighted by Crippen LogP contribution is 2.33. The van der Waals surface area contributed by atoms with E-state index in [-0.39, 0.29) is 10.2 Å². The number of carboxylic acid groups (broad SMARTS) is 1. The van der Waals surface area contributed by atoms with Gasteiger partial charge in [0.15, 0.2) is 0 Å². The zero-order chi connectivity index (χ0) is 12.3. The van der Waals surface area contributed by atoms with Gasteiger partial charge in [-0.1, -0.05) is 15.9 Å². The molecule has 1 aromatic carbocycles. The molecule has 0 heterocycles. The highest BCUT2D eigenvalue weighted by molar-refractivity contribution is 9.10. The lowest BCUT2D eigenvalue weighted by Gasteiger charge is -2.10. The molecule has 0 bridgehead atoms. The van der Waals surface area contributed by atoms with Gasteiger partial charge in [-0.15, -0.1) is 0 Å². The molecule has 0 unspecified atom stereocenters. The lowest BCUT2D eigenvalue weighted by molar-refractivity contribution is -0.137. The molecule has 0 aliphatic carbocycles. The summed E-state index contributed by atoms with van der Waals surface area (Å²) in [6.07, 6.45) is -4.45. The lowest BCUT2D eigenvalue weighted by Crippen LogP contribution is -2.13. The fourth-order valence-corrected chi connectivity index (χ4v) is 1.53. The van der Waals surface area contributed by atoms with Crippen LogP contribution in [-0.2, 0) is 11.0 Å². The number of rotatable bonds is 3. The Morgan fingerprint density at radius 1 is 1.38 bits per heavy atom. The van der Waals surface area contributed by atoms with Gasteiger partial charge in [-0.3, -0.25) is 4.79 Å². The van der Waals surface area contributed by atoms with Gasteiger partial charge in [-0.25, -0.2) is 0 Å². The first kappa shape index (κ1) is 12.8. The molecule has 2 N–H and O–H groups in total. The number of anilines is 1. The van der Waals surface area contributed by atoms with Crippen molar-refractivity contribution in [3.63, 3.8) is 0 Å². The second-order valence-corrected chi connectivity index (χ2v) is 3.89. The standard InChI is InChI=1S/C9H7BrF3NO2/c10-6-1-5(9(11,12)13)2-7(3-6)14-4-8(15)16/h1-3,14H,4H2,(H,15,16). The second-order valence-electron chi connectivity index (χ2n) is 2.97. The Morgan fingerprint density at radius 2 is 2.00 bits per heavy atom. The predicted molar refractivity (Wildman–Crippen MR) is 55.3 cm³/mol. The first-order valence-corrected chi connectivity index (χ1v) is 4.92. The number of carboxylic acids is 1. The Kier molecular flexibility index (Phi) is 3.79. The molecule has 88 valence electrons. The molecule has 0 aliphatic heterocycles. The Labute approximate surface area is 97.4 Å². The molecule has 0 atom stereocenters.